The Morgan fingerprint density at radius 1 is 1.20 bits per heavy atom. The predicted molar refractivity (Wildman–Crippen MR) is 72.8 cm³/mol. The third-order valence-corrected chi connectivity index (χ3v) is 2.62. The molecule has 1 aromatic carbocycles. The molecule has 1 N–H and O–H groups in total. The third-order valence-electron chi connectivity index (χ3n) is 2.62. The Morgan fingerprint density at radius 2 is 1.80 bits per heavy atom. The van der Waals surface area contributed by atoms with Crippen LogP contribution in [0, 0.1) is 5.82 Å². The number of rotatable bonds is 3. The summed E-state index contributed by atoms with van der Waals surface area (Å²) in [6, 6.07) is 2.71. The van der Waals surface area contributed by atoms with Gasteiger partial charge < -0.3 is 5.32 Å². The number of hydrogen-bond donors (Lipinski definition) is 1. The maximum atomic E-state index is 13.0. The monoisotopic (exact) mass is 289 g/mol. The van der Waals surface area contributed by atoms with Gasteiger partial charge in [0.2, 0.25) is 0 Å². The summed E-state index contributed by atoms with van der Waals surface area (Å²) >= 11 is 0. The summed E-state index contributed by atoms with van der Waals surface area (Å²) in [4.78, 5) is 0. The Bertz CT molecular complexity index is 496. The fourth-order valence-corrected chi connectivity index (χ4v) is 1.62. The molecule has 0 fully saturated rings. The van der Waals surface area contributed by atoms with Gasteiger partial charge in [-0.3, -0.25) is 0 Å². The van der Waals surface area contributed by atoms with Gasteiger partial charge in [-0.05, 0) is 45.4 Å². The maximum absolute atomic E-state index is 13.0. The van der Waals surface area contributed by atoms with Crippen molar-refractivity contribution in [1.82, 2.24) is 5.32 Å². The molecule has 0 atom stereocenters. The van der Waals surface area contributed by atoms with Gasteiger partial charge in [0.25, 0.3) is 0 Å². The van der Waals surface area contributed by atoms with E-state index in [0.717, 1.165) is 17.7 Å². The topological polar surface area (TPSA) is 12.0 Å². The predicted octanol–water partition coefficient (Wildman–Crippen LogP) is 4.64. The molecule has 112 valence electrons. The van der Waals surface area contributed by atoms with Crippen molar-refractivity contribution in [1.29, 1.82) is 0 Å². The van der Waals surface area contributed by atoms with Crippen molar-refractivity contribution in [3.05, 3.63) is 40.7 Å². The highest BCUT2D eigenvalue weighted by atomic mass is 19.4. The number of benzene rings is 1. The lowest BCUT2D eigenvalue weighted by molar-refractivity contribution is -0.137. The molecule has 0 unspecified atom stereocenters. The van der Waals surface area contributed by atoms with Gasteiger partial charge in [-0.15, -0.1) is 0 Å². The zero-order valence-electron chi connectivity index (χ0n) is 12.0. The summed E-state index contributed by atoms with van der Waals surface area (Å²) in [6.45, 7) is 8.12. The molecule has 0 amide bonds. The largest absolute Gasteiger partial charge is 0.417 e. The van der Waals surface area contributed by atoms with Crippen LogP contribution in [0.25, 0.3) is 6.08 Å². The molecule has 0 radical (unpaired) electrons. The number of halogens is 4. The molecular formula is C15H19F4N. The summed E-state index contributed by atoms with van der Waals surface area (Å²) in [7, 11) is 0. The Morgan fingerprint density at radius 3 is 2.30 bits per heavy atom. The van der Waals surface area contributed by atoms with Crippen LogP contribution >= 0.6 is 0 Å². The number of nitrogens with one attached hydrogen (secondary N) is 1. The van der Waals surface area contributed by atoms with E-state index in [2.05, 4.69) is 5.32 Å². The van der Waals surface area contributed by atoms with Gasteiger partial charge in [-0.25, -0.2) is 4.39 Å². The van der Waals surface area contributed by atoms with Crippen molar-refractivity contribution in [2.75, 3.05) is 6.54 Å². The van der Waals surface area contributed by atoms with Crippen molar-refractivity contribution in [3.63, 3.8) is 0 Å². The third kappa shape index (κ3) is 5.33. The zero-order chi connectivity index (χ0) is 15.6. The van der Waals surface area contributed by atoms with Gasteiger partial charge in [-0.1, -0.05) is 17.7 Å². The molecule has 0 saturated heterocycles. The van der Waals surface area contributed by atoms with Crippen molar-refractivity contribution < 1.29 is 17.6 Å². The fraction of sp³-hybridized carbons (Fsp3) is 0.467. The normalized spacial score (nSPS) is 13.7. The Labute approximate surface area is 116 Å². The van der Waals surface area contributed by atoms with E-state index in [1.165, 1.54) is 6.08 Å². The summed E-state index contributed by atoms with van der Waals surface area (Å²) in [6.07, 6.45) is -3.13. The molecule has 0 saturated carbocycles. The molecule has 1 rings (SSSR count). The lowest BCUT2D eigenvalue weighted by atomic mass is 10.0. The summed E-state index contributed by atoms with van der Waals surface area (Å²) in [5.74, 6) is -0.889. The van der Waals surface area contributed by atoms with Crippen molar-refractivity contribution >= 4 is 6.08 Å². The summed E-state index contributed by atoms with van der Waals surface area (Å²) in [5.41, 5.74) is -0.346. The molecule has 0 heterocycles. The Balaban J connectivity index is 3.02. The van der Waals surface area contributed by atoms with Crippen LogP contribution in [-0.4, -0.2) is 12.1 Å². The van der Waals surface area contributed by atoms with Crippen LogP contribution in [0.5, 0.6) is 0 Å². The quantitative estimate of drug-likeness (QED) is 0.800. The van der Waals surface area contributed by atoms with Gasteiger partial charge in [0.15, 0.2) is 0 Å². The van der Waals surface area contributed by atoms with Crippen molar-refractivity contribution in [2.45, 2.75) is 39.4 Å². The first-order valence-electron chi connectivity index (χ1n) is 6.28. The lowest BCUT2D eigenvalue weighted by Crippen LogP contribution is -2.36. The average Bonchev–Trinajstić information content (AvgIpc) is 2.26. The minimum atomic E-state index is -4.56. The second-order valence-corrected chi connectivity index (χ2v) is 5.82. The van der Waals surface area contributed by atoms with Crippen LogP contribution in [0.4, 0.5) is 17.6 Å². The van der Waals surface area contributed by atoms with E-state index < -0.39 is 17.6 Å². The second kappa shape index (κ2) is 5.95. The average molecular weight is 289 g/mol. The van der Waals surface area contributed by atoms with Gasteiger partial charge in [-0.2, -0.15) is 13.2 Å². The van der Waals surface area contributed by atoms with Crippen LogP contribution in [-0.2, 0) is 6.18 Å². The van der Waals surface area contributed by atoms with E-state index in [4.69, 9.17) is 0 Å². The van der Waals surface area contributed by atoms with Crippen LogP contribution in [0.3, 0.4) is 0 Å². The smallest absolute Gasteiger partial charge is 0.308 e. The van der Waals surface area contributed by atoms with Gasteiger partial charge in [0.05, 0.1) is 5.56 Å². The van der Waals surface area contributed by atoms with Crippen LogP contribution in [0.2, 0.25) is 0 Å². The van der Waals surface area contributed by atoms with Crippen LogP contribution < -0.4 is 5.32 Å². The first-order chi connectivity index (χ1) is 8.99. The van der Waals surface area contributed by atoms with Crippen LogP contribution in [0.15, 0.2) is 23.8 Å². The van der Waals surface area contributed by atoms with Crippen molar-refractivity contribution in [3.8, 4) is 0 Å². The standard InChI is InChI=1S/C15H19F4N/c1-10(9-20-14(2,3)4)7-11-5-6-12(16)8-13(11)15(17,18)19/h5-8,20H,9H2,1-4H3/b10-7-. The molecule has 0 aliphatic carbocycles. The molecular weight excluding hydrogens is 270 g/mol. The maximum Gasteiger partial charge on any atom is 0.417 e. The fourth-order valence-electron chi connectivity index (χ4n) is 1.62. The van der Waals surface area contributed by atoms with Gasteiger partial charge >= 0.3 is 6.18 Å². The van der Waals surface area contributed by atoms with E-state index in [1.807, 2.05) is 20.8 Å². The molecule has 1 aromatic rings. The van der Waals surface area contributed by atoms with Crippen LogP contribution in [0.1, 0.15) is 38.8 Å². The molecule has 0 aliphatic heterocycles. The first kappa shape index (κ1) is 16.7. The number of hydrogen-bond acceptors (Lipinski definition) is 1. The van der Waals surface area contributed by atoms with E-state index in [-0.39, 0.29) is 11.1 Å². The lowest BCUT2D eigenvalue weighted by Gasteiger charge is -2.21. The molecule has 20 heavy (non-hydrogen) atoms. The highest BCUT2D eigenvalue weighted by molar-refractivity contribution is 5.57. The summed E-state index contributed by atoms with van der Waals surface area (Å²) < 4.78 is 51.5. The molecule has 0 spiro atoms. The minimum Gasteiger partial charge on any atom is -0.308 e. The minimum absolute atomic E-state index is 0.0212. The molecule has 1 nitrogen and oxygen atoms in total. The number of alkyl halides is 3. The molecule has 0 aromatic heterocycles. The Kier molecular flexibility index (Phi) is 4.97. The highest BCUT2D eigenvalue weighted by Crippen LogP contribution is 2.33. The van der Waals surface area contributed by atoms with Crippen molar-refractivity contribution in [2.24, 2.45) is 0 Å². The Hall–Kier alpha value is -1.36. The SMILES string of the molecule is C/C(=C/c1ccc(F)cc1C(F)(F)F)CNC(C)(C)C. The molecule has 0 aliphatic rings. The highest BCUT2D eigenvalue weighted by Gasteiger charge is 2.33. The van der Waals surface area contributed by atoms with E-state index >= 15 is 0 Å². The zero-order valence-corrected chi connectivity index (χ0v) is 12.0. The van der Waals surface area contributed by atoms with Gasteiger partial charge in [0, 0.05) is 12.1 Å². The first-order valence-corrected chi connectivity index (χ1v) is 6.28. The molecule has 0 bridgehead atoms. The van der Waals surface area contributed by atoms with E-state index in [1.54, 1.807) is 6.92 Å². The summed E-state index contributed by atoms with van der Waals surface area (Å²) in [5, 5.41) is 3.19. The van der Waals surface area contributed by atoms with E-state index in [9.17, 15) is 17.6 Å². The van der Waals surface area contributed by atoms with Gasteiger partial charge in [0.1, 0.15) is 5.82 Å². The molecule has 5 heteroatoms. The van der Waals surface area contributed by atoms with E-state index in [0.29, 0.717) is 12.6 Å². The second-order valence-electron chi connectivity index (χ2n) is 5.82.